The van der Waals surface area contributed by atoms with Crippen molar-refractivity contribution in [2.45, 2.75) is 53.4 Å². The Kier molecular flexibility index (Phi) is 4.18. The van der Waals surface area contributed by atoms with E-state index in [2.05, 4.69) is 47.9 Å². The average Bonchev–Trinajstić information content (AvgIpc) is 3.26. The van der Waals surface area contributed by atoms with Gasteiger partial charge in [-0.1, -0.05) is 30.0 Å². The van der Waals surface area contributed by atoms with Crippen LogP contribution in [0.2, 0.25) is 0 Å². The molecule has 2 fully saturated rings. The van der Waals surface area contributed by atoms with Gasteiger partial charge in [-0.2, -0.15) is 0 Å². The second-order valence-corrected chi connectivity index (χ2v) is 8.78. The number of rotatable bonds is 4. The summed E-state index contributed by atoms with van der Waals surface area (Å²) in [7, 11) is 0. The van der Waals surface area contributed by atoms with E-state index in [-0.39, 0.29) is 5.91 Å². The molecule has 4 rings (SSSR count). The maximum Gasteiger partial charge on any atom is 0.261 e. The molecule has 1 aromatic heterocycles. The van der Waals surface area contributed by atoms with Gasteiger partial charge in [0.1, 0.15) is 0 Å². The molecule has 2 bridgehead atoms. The van der Waals surface area contributed by atoms with Crippen molar-refractivity contribution in [3.63, 3.8) is 0 Å². The van der Waals surface area contributed by atoms with Crippen LogP contribution < -0.4 is 10.6 Å². The molecule has 2 aromatic rings. The Balaban J connectivity index is 1.41. The largest absolute Gasteiger partial charge is 0.347 e. The third-order valence-corrected chi connectivity index (χ3v) is 7.12. The van der Waals surface area contributed by atoms with Crippen LogP contribution >= 0.6 is 23.1 Å². The summed E-state index contributed by atoms with van der Waals surface area (Å²) in [6, 6.07) is 13.7. The summed E-state index contributed by atoms with van der Waals surface area (Å²) >= 11 is 3.31. The summed E-state index contributed by atoms with van der Waals surface area (Å²) in [6.07, 6.45) is 3.52. The van der Waals surface area contributed by atoms with Crippen molar-refractivity contribution in [3.8, 4) is 0 Å². The molecule has 2 aliphatic heterocycles. The molecule has 1 amide bonds. The highest BCUT2D eigenvalue weighted by Crippen LogP contribution is 2.35. The molecule has 5 heteroatoms. The summed E-state index contributed by atoms with van der Waals surface area (Å²) in [5.41, 5.74) is 1.27. The van der Waals surface area contributed by atoms with Crippen LogP contribution in [0.1, 0.15) is 34.5 Å². The Morgan fingerprint density at radius 3 is 2.87 bits per heavy atom. The van der Waals surface area contributed by atoms with Crippen LogP contribution in [0, 0.1) is 6.92 Å². The Morgan fingerprint density at radius 2 is 2.13 bits per heavy atom. The SMILES string of the molecule is Cc1ccccc1Sc1ccc(C(=O)NC2CC3CCC2N3)s1. The number of carbonyl (C=O) groups is 1. The lowest BCUT2D eigenvalue weighted by atomic mass is 9.95. The molecule has 3 heterocycles. The molecule has 0 saturated carbocycles. The summed E-state index contributed by atoms with van der Waals surface area (Å²) in [5, 5.41) is 6.78. The van der Waals surface area contributed by atoms with Gasteiger partial charge >= 0.3 is 0 Å². The van der Waals surface area contributed by atoms with Crippen LogP contribution in [-0.4, -0.2) is 24.0 Å². The Hall–Kier alpha value is -1.30. The maximum absolute atomic E-state index is 12.5. The van der Waals surface area contributed by atoms with E-state index in [0.29, 0.717) is 18.1 Å². The number of thiophene rings is 1. The second-order valence-electron chi connectivity index (χ2n) is 6.35. The summed E-state index contributed by atoms with van der Waals surface area (Å²) in [6.45, 7) is 2.12. The van der Waals surface area contributed by atoms with Crippen molar-refractivity contribution in [3.05, 3.63) is 46.8 Å². The highest BCUT2D eigenvalue weighted by Gasteiger charge is 2.39. The first-order chi connectivity index (χ1) is 11.2. The summed E-state index contributed by atoms with van der Waals surface area (Å²) < 4.78 is 1.16. The second kappa shape index (κ2) is 6.30. The highest BCUT2D eigenvalue weighted by atomic mass is 32.2. The van der Waals surface area contributed by atoms with Crippen molar-refractivity contribution in [1.29, 1.82) is 0 Å². The molecule has 3 unspecified atom stereocenters. The first kappa shape index (κ1) is 15.2. The van der Waals surface area contributed by atoms with E-state index >= 15 is 0 Å². The van der Waals surface area contributed by atoms with Gasteiger partial charge in [-0.15, -0.1) is 11.3 Å². The first-order valence-corrected chi connectivity index (χ1v) is 9.72. The molecule has 0 radical (unpaired) electrons. The zero-order valence-electron chi connectivity index (χ0n) is 13.0. The number of aryl methyl sites for hydroxylation is 1. The fourth-order valence-electron chi connectivity index (χ4n) is 3.50. The van der Waals surface area contributed by atoms with Gasteiger partial charge < -0.3 is 10.6 Å². The van der Waals surface area contributed by atoms with E-state index < -0.39 is 0 Å². The van der Waals surface area contributed by atoms with E-state index in [4.69, 9.17) is 0 Å². The lowest BCUT2D eigenvalue weighted by Gasteiger charge is -2.20. The molecule has 2 N–H and O–H groups in total. The number of hydrogen-bond acceptors (Lipinski definition) is 4. The first-order valence-electron chi connectivity index (χ1n) is 8.09. The standard InChI is InChI=1S/C18H20N2OS2/c1-11-4-2-3-5-15(11)22-17-9-8-16(23-17)18(21)20-14-10-12-6-7-13(14)19-12/h2-5,8-9,12-14,19H,6-7,10H2,1H3,(H,20,21). The predicted molar refractivity (Wildman–Crippen MR) is 95.4 cm³/mol. The lowest BCUT2D eigenvalue weighted by molar-refractivity contribution is 0.0935. The van der Waals surface area contributed by atoms with Crippen LogP contribution in [0.4, 0.5) is 0 Å². The van der Waals surface area contributed by atoms with Gasteiger partial charge in [0.15, 0.2) is 0 Å². The number of nitrogens with one attached hydrogen (secondary N) is 2. The summed E-state index contributed by atoms with van der Waals surface area (Å²) in [4.78, 5) is 14.5. The topological polar surface area (TPSA) is 41.1 Å². The van der Waals surface area contributed by atoms with E-state index in [1.807, 2.05) is 6.07 Å². The van der Waals surface area contributed by atoms with Crippen molar-refractivity contribution < 1.29 is 4.79 Å². The van der Waals surface area contributed by atoms with Crippen molar-refractivity contribution in [2.24, 2.45) is 0 Å². The smallest absolute Gasteiger partial charge is 0.261 e. The number of carbonyl (C=O) groups excluding carboxylic acids is 1. The van der Waals surface area contributed by atoms with E-state index in [1.165, 1.54) is 23.3 Å². The van der Waals surface area contributed by atoms with Gasteiger partial charge in [-0.3, -0.25) is 4.79 Å². The van der Waals surface area contributed by atoms with Crippen LogP contribution in [-0.2, 0) is 0 Å². The van der Waals surface area contributed by atoms with Crippen molar-refractivity contribution in [2.75, 3.05) is 0 Å². The zero-order chi connectivity index (χ0) is 15.8. The molecular formula is C18H20N2OS2. The van der Waals surface area contributed by atoms with Gasteiger partial charge in [-0.05, 0) is 49.9 Å². The minimum absolute atomic E-state index is 0.0750. The van der Waals surface area contributed by atoms with Gasteiger partial charge in [0.05, 0.1) is 9.09 Å². The molecular weight excluding hydrogens is 324 g/mol. The molecule has 0 spiro atoms. The van der Waals surface area contributed by atoms with Crippen molar-refractivity contribution in [1.82, 2.24) is 10.6 Å². The number of fused-ring (bicyclic) bond motifs is 2. The minimum Gasteiger partial charge on any atom is -0.347 e. The van der Waals surface area contributed by atoms with E-state index in [1.54, 1.807) is 23.1 Å². The monoisotopic (exact) mass is 344 g/mol. The summed E-state index contributed by atoms with van der Waals surface area (Å²) in [5.74, 6) is 0.0750. The third-order valence-electron chi connectivity index (χ3n) is 4.73. The number of benzene rings is 1. The quantitative estimate of drug-likeness (QED) is 0.886. The fourth-order valence-corrected chi connectivity index (χ4v) is 5.57. The molecule has 23 heavy (non-hydrogen) atoms. The van der Waals surface area contributed by atoms with Gasteiger partial charge in [0.25, 0.3) is 5.91 Å². The average molecular weight is 345 g/mol. The molecule has 0 aliphatic carbocycles. The van der Waals surface area contributed by atoms with Gasteiger partial charge in [-0.25, -0.2) is 0 Å². The van der Waals surface area contributed by atoms with Crippen molar-refractivity contribution >= 4 is 29.0 Å². The zero-order valence-corrected chi connectivity index (χ0v) is 14.7. The van der Waals surface area contributed by atoms with Gasteiger partial charge in [0.2, 0.25) is 0 Å². The van der Waals surface area contributed by atoms with E-state index in [0.717, 1.165) is 15.5 Å². The Bertz CT molecular complexity index is 727. The molecule has 120 valence electrons. The van der Waals surface area contributed by atoms with E-state index in [9.17, 15) is 4.79 Å². The molecule has 2 aliphatic rings. The van der Waals surface area contributed by atoms with Crippen LogP contribution in [0.5, 0.6) is 0 Å². The highest BCUT2D eigenvalue weighted by molar-refractivity contribution is 8.01. The Labute approximate surface area is 144 Å². The van der Waals surface area contributed by atoms with Crippen LogP contribution in [0.25, 0.3) is 0 Å². The molecule has 3 nitrogen and oxygen atoms in total. The minimum atomic E-state index is 0.0750. The lowest BCUT2D eigenvalue weighted by Crippen LogP contribution is -2.42. The van der Waals surface area contributed by atoms with Crippen LogP contribution in [0.15, 0.2) is 45.5 Å². The Morgan fingerprint density at radius 1 is 1.26 bits per heavy atom. The number of amides is 1. The molecule has 2 saturated heterocycles. The van der Waals surface area contributed by atoms with Crippen LogP contribution in [0.3, 0.4) is 0 Å². The fraction of sp³-hybridized carbons (Fsp3) is 0.389. The number of hydrogen-bond donors (Lipinski definition) is 2. The normalized spacial score (nSPS) is 25.7. The molecule has 3 atom stereocenters. The molecule has 1 aromatic carbocycles. The predicted octanol–water partition coefficient (Wildman–Crippen LogP) is 3.83. The van der Waals surface area contributed by atoms with Gasteiger partial charge in [0, 0.05) is 23.0 Å². The third kappa shape index (κ3) is 3.18. The maximum atomic E-state index is 12.5.